The summed E-state index contributed by atoms with van der Waals surface area (Å²) in [6.45, 7) is 0.618. The van der Waals surface area contributed by atoms with E-state index in [2.05, 4.69) is 20.3 Å². The van der Waals surface area contributed by atoms with Gasteiger partial charge >= 0.3 is 0 Å². The summed E-state index contributed by atoms with van der Waals surface area (Å²) in [5, 5.41) is 2.64. The molecule has 0 aliphatic carbocycles. The summed E-state index contributed by atoms with van der Waals surface area (Å²) in [5.74, 6) is 0.407. The number of amides is 1. The Morgan fingerprint density at radius 2 is 2.47 bits per heavy atom. The lowest BCUT2D eigenvalue weighted by Crippen LogP contribution is -2.14. The van der Waals surface area contributed by atoms with Crippen LogP contribution in [0, 0.1) is 0 Å². The smallest absolute Gasteiger partial charge is 0.228 e. The lowest BCUT2D eigenvalue weighted by atomic mass is 10.4. The van der Waals surface area contributed by atoms with Gasteiger partial charge in [-0.1, -0.05) is 0 Å². The van der Waals surface area contributed by atoms with E-state index in [0.29, 0.717) is 18.9 Å². The van der Waals surface area contributed by atoms with Crippen LogP contribution in [0.25, 0.3) is 0 Å². The van der Waals surface area contributed by atoms with Gasteiger partial charge in [-0.3, -0.25) is 10.1 Å². The van der Waals surface area contributed by atoms with E-state index >= 15 is 0 Å². The van der Waals surface area contributed by atoms with Crippen molar-refractivity contribution in [2.24, 2.45) is 0 Å². The Hall–Kier alpha value is -2.11. The van der Waals surface area contributed by atoms with Crippen molar-refractivity contribution in [3.63, 3.8) is 0 Å². The molecule has 0 radical (unpaired) electrons. The molecular weight excluding hydrogens is 194 g/mol. The average molecular weight is 205 g/mol. The molecule has 0 unspecified atom stereocenters. The molecule has 0 aliphatic rings. The fraction of sp³-hybridized carbons (Fsp3) is 0.222. The second-order valence-corrected chi connectivity index (χ2v) is 3.04. The summed E-state index contributed by atoms with van der Waals surface area (Å²) in [5.41, 5.74) is 0. The molecule has 0 spiro atoms. The molecule has 2 aromatic heterocycles. The van der Waals surface area contributed by atoms with Crippen molar-refractivity contribution in [2.45, 2.75) is 13.0 Å². The molecule has 0 bridgehead atoms. The van der Waals surface area contributed by atoms with Gasteiger partial charge in [0.2, 0.25) is 11.9 Å². The first-order valence-electron chi connectivity index (χ1n) is 4.59. The van der Waals surface area contributed by atoms with Crippen LogP contribution in [0.1, 0.15) is 6.42 Å². The lowest BCUT2D eigenvalue weighted by Gasteiger charge is -2.02. The normalized spacial score (nSPS) is 10.1. The minimum absolute atomic E-state index is 0.0707. The van der Waals surface area contributed by atoms with E-state index in [4.69, 9.17) is 0 Å². The largest absolute Gasteiger partial charge is 0.337 e. The Balaban J connectivity index is 1.78. The molecule has 2 N–H and O–H groups in total. The van der Waals surface area contributed by atoms with Crippen molar-refractivity contribution < 1.29 is 4.79 Å². The molecule has 2 rings (SSSR count). The number of rotatable bonds is 4. The number of anilines is 1. The maximum Gasteiger partial charge on any atom is 0.228 e. The number of H-pyrrole nitrogens is 1. The molecule has 0 aliphatic heterocycles. The highest BCUT2D eigenvalue weighted by molar-refractivity contribution is 5.88. The zero-order valence-corrected chi connectivity index (χ0v) is 8.05. The van der Waals surface area contributed by atoms with E-state index in [0.717, 1.165) is 0 Å². The maximum absolute atomic E-state index is 11.4. The number of nitrogens with zero attached hydrogens (tertiary/aromatic N) is 3. The monoisotopic (exact) mass is 205 g/mol. The van der Waals surface area contributed by atoms with E-state index in [9.17, 15) is 4.79 Å². The van der Waals surface area contributed by atoms with Gasteiger partial charge in [-0.15, -0.1) is 0 Å². The topological polar surface area (TPSA) is 75.6 Å². The Labute approximate surface area is 86.4 Å². The highest BCUT2D eigenvalue weighted by atomic mass is 16.1. The number of aromatic nitrogens is 4. The third-order valence-electron chi connectivity index (χ3n) is 1.91. The average Bonchev–Trinajstić information content (AvgIpc) is 2.86. The summed E-state index contributed by atoms with van der Waals surface area (Å²) < 4.78 is 1.85. The number of hydrogen-bond donors (Lipinski definition) is 2. The van der Waals surface area contributed by atoms with Crippen molar-refractivity contribution >= 4 is 11.9 Å². The molecule has 6 nitrogen and oxygen atoms in total. The van der Waals surface area contributed by atoms with Crippen LogP contribution in [0.3, 0.4) is 0 Å². The van der Waals surface area contributed by atoms with Crippen LogP contribution < -0.4 is 5.32 Å². The minimum Gasteiger partial charge on any atom is -0.337 e. The molecule has 2 aromatic rings. The molecule has 2 heterocycles. The first-order chi connectivity index (χ1) is 7.34. The summed E-state index contributed by atoms with van der Waals surface area (Å²) >= 11 is 0. The van der Waals surface area contributed by atoms with E-state index in [-0.39, 0.29) is 5.91 Å². The predicted octanol–water partition coefficient (Wildman–Crippen LogP) is 0.635. The number of imidazole rings is 2. The molecule has 0 saturated carbocycles. The van der Waals surface area contributed by atoms with Gasteiger partial charge in [0.05, 0.1) is 6.33 Å². The van der Waals surface area contributed by atoms with Gasteiger partial charge in [0, 0.05) is 37.8 Å². The van der Waals surface area contributed by atoms with Gasteiger partial charge in [-0.2, -0.15) is 0 Å². The highest BCUT2D eigenvalue weighted by Crippen LogP contribution is 1.97. The second kappa shape index (κ2) is 4.41. The second-order valence-electron chi connectivity index (χ2n) is 3.04. The zero-order valence-electron chi connectivity index (χ0n) is 8.05. The molecular formula is C9H11N5O. The number of nitrogens with one attached hydrogen (secondary N) is 2. The zero-order chi connectivity index (χ0) is 10.5. The predicted molar refractivity (Wildman–Crippen MR) is 54.1 cm³/mol. The molecule has 1 amide bonds. The number of aromatic amines is 1. The maximum atomic E-state index is 11.4. The lowest BCUT2D eigenvalue weighted by molar-refractivity contribution is -0.116. The first kappa shape index (κ1) is 9.45. The summed E-state index contributed by atoms with van der Waals surface area (Å²) in [6.07, 6.45) is 8.83. The standard InChI is InChI=1S/C9H11N5O/c15-8(13-9-11-2-3-12-9)1-5-14-6-4-10-7-14/h2-4,6-7H,1,5H2,(H2,11,12,13,15). The molecule has 0 fully saturated rings. The van der Waals surface area contributed by atoms with Crippen molar-refractivity contribution in [1.82, 2.24) is 19.5 Å². The number of carbonyl (C=O) groups is 1. The first-order valence-corrected chi connectivity index (χ1v) is 4.59. The molecule has 0 saturated heterocycles. The molecule has 0 atom stereocenters. The molecule has 15 heavy (non-hydrogen) atoms. The number of aryl methyl sites for hydroxylation is 1. The van der Waals surface area contributed by atoms with E-state index in [1.807, 2.05) is 10.8 Å². The number of carbonyl (C=O) groups excluding carboxylic acids is 1. The Bertz CT molecular complexity index is 406. The van der Waals surface area contributed by atoms with Crippen molar-refractivity contribution in [3.05, 3.63) is 31.1 Å². The molecule has 78 valence electrons. The van der Waals surface area contributed by atoms with Crippen LogP contribution >= 0.6 is 0 Å². The van der Waals surface area contributed by atoms with E-state index < -0.39 is 0 Å². The van der Waals surface area contributed by atoms with Crippen LogP contribution in [0.5, 0.6) is 0 Å². The van der Waals surface area contributed by atoms with Crippen molar-refractivity contribution in [3.8, 4) is 0 Å². The number of hydrogen-bond acceptors (Lipinski definition) is 3. The van der Waals surface area contributed by atoms with Crippen LogP contribution in [0.4, 0.5) is 5.95 Å². The molecule has 0 aromatic carbocycles. The Kier molecular flexibility index (Phi) is 2.77. The van der Waals surface area contributed by atoms with Crippen molar-refractivity contribution in [1.29, 1.82) is 0 Å². The summed E-state index contributed by atoms with van der Waals surface area (Å²) in [7, 11) is 0. The van der Waals surface area contributed by atoms with Crippen LogP contribution in [0.2, 0.25) is 0 Å². The quantitative estimate of drug-likeness (QED) is 0.768. The van der Waals surface area contributed by atoms with Gasteiger partial charge in [-0.05, 0) is 0 Å². The van der Waals surface area contributed by atoms with Gasteiger partial charge in [0.25, 0.3) is 0 Å². The van der Waals surface area contributed by atoms with Crippen LogP contribution in [-0.4, -0.2) is 25.4 Å². The summed E-state index contributed by atoms with van der Waals surface area (Å²) in [4.78, 5) is 22.0. The van der Waals surface area contributed by atoms with E-state index in [1.165, 1.54) is 0 Å². The molecule has 6 heteroatoms. The fourth-order valence-electron chi connectivity index (χ4n) is 1.18. The van der Waals surface area contributed by atoms with Crippen LogP contribution in [0.15, 0.2) is 31.1 Å². The Morgan fingerprint density at radius 1 is 1.53 bits per heavy atom. The van der Waals surface area contributed by atoms with Gasteiger partial charge < -0.3 is 9.55 Å². The fourth-order valence-corrected chi connectivity index (χ4v) is 1.18. The third-order valence-corrected chi connectivity index (χ3v) is 1.91. The van der Waals surface area contributed by atoms with E-state index in [1.54, 1.807) is 24.9 Å². The van der Waals surface area contributed by atoms with Gasteiger partial charge in [-0.25, -0.2) is 9.97 Å². The van der Waals surface area contributed by atoms with Crippen LogP contribution in [-0.2, 0) is 11.3 Å². The summed E-state index contributed by atoms with van der Waals surface area (Å²) in [6, 6.07) is 0. The van der Waals surface area contributed by atoms with Gasteiger partial charge in [0.1, 0.15) is 0 Å². The SMILES string of the molecule is O=C(CCn1ccnc1)Nc1ncc[nH]1. The Morgan fingerprint density at radius 3 is 3.13 bits per heavy atom. The third kappa shape index (κ3) is 2.67. The minimum atomic E-state index is -0.0707. The highest BCUT2D eigenvalue weighted by Gasteiger charge is 2.03. The van der Waals surface area contributed by atoms with Gasteiger partial charge in [0.15, 0.2) is 0 Å². The van der Waals surface area contributed by atoms with Crippen molar-refractivity contribution in [2.75, 3.05) is 5.32 Å².